The highest BCUT2D eigenvalue weighted by atomic mass is 19.1. The van der Waals surface area contributed by atoms with Gasteiger partial charge >= 0.3 is 0 Å². The molecule has 1 aliphatic rings. The maximum absolute atomic E-state index is 12.9. The summed E-state index contributed by atoms with van der Waals surface area (Å²) in [5.41, 5.74) is 0.0211. The van der Waals surface area contributed by atoms with Crippen LogP contribution < -0.4 is 15.0 Å². The van der Waals surface area contributed by atoms with Gasteiger partial charge in [-0.2, -0.15) is 0 Å². The van der Waals surface area contributed by atoms with Crippen LogP contribution in [0.15, 0.2) is 54.6 Å². The average Bonchev–Trinajstić information content (AvgIpc) is 2.59. The van der Waals surface area contributed by atoms with Gasteiger partial charge in [0.2, 0.25) is 0 Å². The molecule has 7 nitrogen and oxygen atoms in total. The molecule has 26 heavy (non-hydrogen) atoms. The molecule has 8 heteroatoms. The third-order valence-electron chi connectivity index (χ3n) is 3.93. The number of nitrogens with one attached hydrogen (secondary N) is 1. The fourth-order valence-electron chi connectivity index (χ4n) is 2.59. The predicted molar refractivity (Wildman–Crippen MR) is 95.4 cm³/mol. The van der Waals surface area contributed by atoms with Crippen LogP contribution in [0.3, 0.4) is 0 Å². The molecule has 0 saturated carbocycles. The zero-order valence-electron chi connectivity index (χ0n) is 14.3. The highest BCUT2D eigenvalue weighted by Crippen LogP contribution is 2.21. The van der Waals surface area contributed by atoms with Crippen molar-refractivity contribution in [1.29, 1.82) is 0 Å². The third-order valence-corrected chi connectivity index (χ3v) is 3.93. The molecule has 0 atom stereocenters. The summed E-state index contributed by atoms with van der Waals surface area (Å²) >= 11 is 0. The molecular formula is C18H19FN4O3. The summed E-state index contributed by atoms with van der Waals surface area (Å²) in [6.45, 7) is 3.45. The maximum atomic E-state index is 12.9. The number of benzene rings is 1. The van der Waals surface area contributed by atoms with Gasteiger partial charge in [-0.15, -0.1) is 0 Å². The Morgan fingerprint density at radius 2 is 2.12 bits per heavy atom. The lowest BCUT2D eigenvalue weighted by Gasteiger charge is -2.41. The van der Waals surface area contributed by atoms with Gasteiger partial charge in [-0.3, -0.25) is 10.1 Å². The van der Waals surface area contributed by atoms with E-state index in [1.165, 1.54) is 24.4 Å². The minimum absolute atomic E-state index is 0.0211. The molecule has 1 aromatic carbocycles. The van der Waals surface area contributed by atoms with E-state index in [9.17, 15) is 14.5 Å². The lowest BCUT2D eigenvalue weighted by molar-refractivity contribution is -0.384. The lowest BCUT2D eigenvalue weighted by atomic mass is 10.1. The molecule has 0 aliphatic carbocycles. The highest BCUT2D eigenvalue weighted by molar-refractivity contribution is 5.42. The number of nitro benzene ring substituents is 1. The number of nitro groups is 1. The van der Waals surface area contributed by atoms with Gasteiger partial charge in [-0.25, -0.2) is 9.37 Å². The van der Waals surface area contributed by atoms with Gasteiger partial charge in [0, 0.05) is 25.2 Å². The van der Waals surface area contributed by atoms with Crippen LogP contribution in [0.25, 0.3) is 0 Å². The van der Waals surface area contributed by atoms with Gasteiger partial charge in [0.1, 0.15) is 17.4 Å². The Labute approximate surface area is 150 Å². The summed E-state index contributed by atoms with van der Waals surface area (Å²) in [5.74, 6) is 1.52. The lowest BCUT2D eigenvalue weighted by Crippen LogP contribution is -2.58. The summed E-state index contributed by atoms with van der Waals surface area (Å²) in [7, 11) is 0. The van der Waals surface area contributed by atoms with E-state index < -0.39 is 4.92 Å². The van der Waals surface area contributed by atoms with Crippen LogP contribution in [0, 0.1) is 15.9 Å². The van der Waals surface area contributed by atoms with Crippen LogP contribution in [0.1, 0.15) is 13.3 Å². The van der Waals surface area contributed by atoms with Crippen LogP contribution >= 0.6 is 0 Å². The van der Waals surface area contributed by atoms with Gasteiger partial charge in [0.25, 0.3) is 5.69 Å². The smallest absolute Gasteiger partial charge is 0.269 e. The van der Waals surface area contributed by atoms with E-state index >= 15 is 0 Å². The highest BCUT2D eigenvalue weighted by Gasteiger charge is 2.28. The van der Waals surface area contributed by atoms with Crippen molar-refractivity contribution in [2.45, 2.75) is 19.4 Å². The number of ether oxygens (including phenoxy) is 1. The molecule has 3 rings (SSSR count). The monoisotopic (exact) mass is 358 g/mol. The summed E-state index contributed by atoms with van der Waals surface area (Å²) < 4.78 is 18.7. The van der Waals surface area contributed by atoms with Crippen molar-refractivity contribution < 1.29 is 14.1 Å². The summed E-state index contributed by atoms with van der Waals surface area (Å²) in [6.07, 6.45) is 3.90. The minimum atomic E-state index is -0.447. The fourth-order valence-corrected chi connectivity index (χ4v) is 2.59. The minimum Gasteiger partial charge on any atom is -0.442 e. The Morgan fingerprint density at radius 3 is 2.69 bits per heavy atom. The molecule has 136 valence electrons. The first-order valence-corrected chi connectivity index (χ1v) is 8.30. The first-order valence-electron chi connectivity index (χ1n) is 8.30. The van der Waals surface area contributed by atoms with Crippen LogP contribution in [0.2, 0.25) is 0 Å². The van der Waals surface area contributed by atoms with Crippen LogP contribution in [-0.4, -0.2) is 29.0 Å². The fraction of sp³-hybridized carbons (Fsp3) is 0.278. The van der Waals surface area contributed by atoms with Gasteiger partial charge in [-0.1, -0.05) is 6.92 Å². The normalized spacial score (nSPS) is 14.7. The molecule has 1 aromatic heterocycles. The number of allylic oxidation sites excluding steroid dienone is 1. The van der Waals surface area contributed by atoms with Crippen molar-refractivity contribution in [3.63, 3.8) is 0 Å². The van der Waals surface area contributed by atoms with Crippen LogP contribution in [0.5, 0.6) is 5.75 Å². The van der Waals surface area contributed by atoms with E-state index in [0.717, 1.165) is 25.3 Å². The van der Waals surface area contributed by atoms with E-state index in [4.69, 9.17) is 4.74 Å². The molecular weight excluding hydrogens is 339 g/mol. The zero-order chi connectivity index (χ0) is 18.5. The summed E-state index contributed by atoms with van der Waals surface area (Å²) in [6, 6.07) is 9.18. The molecule has 2 heterocycles. The Hall–Kier alpha value is -3.16. The molecule has 0 bridgehead atoms. The van der Waals surface area contributed by atoms with Crippen LogP contribution in [-0.2, 0) is 0 Å². The topological polar surface area (TPSA) is 80.5 Å². The molecule has 1 aliphatic heterocycles. The first kappa shape index (κ1) is 17.7. The van der Waals surface area contributed by atoms with Crippen molar-refractivity contribution in [2.24, 2.45) is 0 Å². The molecule has 2 aromatic rings. The van der Waals surface area contributed by atoms with E-state index in [1.54, 1.807) is 18.2 Å². The predicted octanol–water partition coefficient (Wildman–Crippen LogP) is 3.24. The largest absolute Gasteiger partial charge is 0.442 e. The number of rotatable bonds is 7. The number of nitrogens with zero attached hydrogens (tertiary/aromatic N) is 3. The molecule has 1 fully saturated rings. The summed E-state index contributed by atoms with van der Waals surface area (Å²) in [4.78, 5) is 16.4. The Morgan fingerprint density at radius 1 is 1.38 bits per heavy atom. The van der Waals surface area contributed by atoms with Crippen molar-refractivity contribution in [3.8, 4) is 5.75 Å². The number of hydrogen-bond donors (Lipinski definition) is 1. The number of pyridine rings is 1. The number of hydrogen-bond acceptors (Lipinski definition) is 6. The van der Waals surface area contributed by atoms with Gasteiger partial charge in [-0.05, 0) is 36.8 Å². The molecule has 0 spiro atoms. The number of anilines is 1. The average molecular weight is 358 g/mol. The van der Waals surface area contributed by atoms with Gasteiger partial charge < -0.3 is 15.0 Å². The van der Waals surface area contributed by atoms with Crippen molar-refractivity contribution in [3.05, 3.63) is 70.5 Å². The second-order valence-electron chi connectivity index (χ2n) is 5.91. The van der Waals surface area contributed by atoms with Crippen LogP contribution in [0.4, 0.5) is 15.9 Å². The zero-order valence-corrected chi connectivity index (χ0v) is 14.3. The molecule has 0 radical (unpaired) electrons. The number of aromatic nitrogens is 1. The quantitative estimate of drug-likeness (QED) is 0.465. The van der Waals surface area contributed by atoms with Gasteiger partial charge in [0.15, 0.2) is 5.88 Å². The van der Waals surface area contributed by atoms with E-state index in [1.807, 2.05) is 17.9 Å². The first-order chi connectivity index (χ1) is 12.5. The van der Waals surface area contributed by atoms with E-state index in [2.05, 4.69) is 10.3 Å². The molecule has 0 unspecified atom stereocenters. The second kappa shape index (κ2) is 7.81. The summed E-state index contributed by atoms with van der Waals surface area (Å²) in [5, 5.41) is 14.0. The van der Waals surface area contributed by atoms with E-state index in [-0.39, 0.29) is 17.5 Å². The van der Waals surface area contributed by atoms with Crippen molar-refractivity contribution in [1.82, 2.24) is 10.3 Å². The van der Waals surface area contributed by atoms with Crippen molar-refractivity contribution in [2.75, 3.05) is 18.0 Å². The Bertz CT molecular complexity index is 787. The second-order valence-corrected chi connectivity index (χ2v) is 5.91. The van der Waals surface area contributed by atoms with E-state index in [0.29, 0.717) is 11.6 Å². The third kappa shape index (κ3) is 4.27. The van der Waals surface area contributed by atoms with Crippen molar-refractivity contribution >= 4 is 11.5 Å². The molecule has 0 amide bonds. The van der Waals surface area contributed by atoms with Gasteiger partial charge in [0.05, 0.1) is 17.2 Å². The molecule has 1 saturated heterocycles. The standard InChI is InChI=1S/C18H19FN4O3/c1-2-3-18(26-16-7-5-15(6-8-16)23(24)25)21-14-11-22(12-14)17-9-4-13(19)10-20-17/h3-10,14,21H,2,11-12H2,1H3/b18-3-. The Kier molecular flexibility index (Phi) is 5.31. The maximum Gasteiger partial charge on any atom is 0.269 e. The SMILES string of the molecule is CC/C=C(/NC1CN(c2ccc(F)cn2)C1)Oc1ccc([N+](=O)[O-])cc1. The Balaban J connectivity index is 1.55. The number of halogens is 1. The number of non-ortho nitro benzene ring substituents is 1. The molecule has 1 N–H and O–H groups in total.